The SMILES string of the molecule is CC1=NC(C)=C(C#N)C(c2ccccc2Br)C1C#N. The van der Waals surface area contributed by atoms with Gasteiger partial charge >= 0.3 is 0 Å². The molecule has 19 heavy (non-hydrogen) atoms. The molecule has 0 bridgehead atoms. The van der Waals surface area contributed by atoms with Gasteiger partial charge in [-0.05, 0) is 25.5 Å². The zero-order valence-electron chi connectivity index (χ0n) is 10.7. The molecule has 2 atom stereocenters. The molecular formula is C15H12BrN3. The minimum atomic E-state index is -0.392. The van der Waals surface area contributed by atoms with Gasteiger partial charge in [-0.3, -0.25) is 4.99 Å². The lowest BCUT2D eigenvalue weighted by Gasteiger charge is -2.27. The summed E-state index contributed by atoms with van der Waals surface area (Å²) in [5.74, 6) is -0.639. The number of hydrogen-bond donors (Lipinski definition) is 0. The lowest BCUT2D eigenvalue weighted by Crippen LogP contribution is -2.25. The molecule has 1 aromatic rings. The van der Waals surface area contributed by atoms with Gasteiger partial charge in [0.2, 0.25) is 0 Å². The molecule has 0 saturated carbocycles. The number of rotatable bonds is 1. The van der Waals surface area contributed by atoms with Crippen molar-refractivity contribution in [1.29, 1.82) is 10.5 Å². The van der Waals surface area contributed by atoms with Crippen LogP contribution in [-0.2, 0) is 0 Å². The van der Waals surface area contributed by atoms with E-state index in [-0.39, 0.29) is 5.92 Å². The van der Waals surface area contributed by atoms with Crippen LogP contribution in [0.15, 0.2) is 45.0 Å². The van der Waals surface area contributed by atoms with Crippen molar-refractivity contribution in [2.45, 2.75) is 19.8 Å². The zero-order valence-corrected chi connectivity index (χ0v) is 12.3. The minimum absolute atomic E-state index is 0.247. The predicted molar refractivity (Wildman–Crippen MR) is 77.4 cm³/mol. The third kappa shape index (κ3) is 2.32. The average molecular weight is 314 g/mol. The fourth-order valence-corrected chi connectivity index (χ4v) is 2.94. The largest absolute Gasteiger partial charge is 0.260 e. The van der Waals surface area contributed by atoms with Gasteiger partial charge < -0.3 is 0 Å². The number of allylic oxidation sites excluding steroid dienone is 2. The summed E-state index contributed by atoms with van der Waals surface area (Å²) in [5.41, 5.74) is 3.00. The van der Waals surface area contributed by atoms with Gasteiger partial charge in [-0.25, -0.2) is 0 Å². The van der Waals surface area contributed by atoms with Crippen LogP contribution in [0.5, 0.6) is 0 Å². The van der Waals surface area contributed by atoms with Crippen molar-refractivity contribution >= 4 is 21.6 Å². The summed E-state index contributed by atoms with van der Waals surface area (Å²) >= 11 is 3.50. The van der Waals surface area contributed by atoms with Gasteiger partial charge in [-0.2, -0.15) is 10.5 Å². The molecule has 94 valence electrons. The van der Waals surface area contributed by atoms with Crippen LogP contribution < -0.4 is 0 Å². The highest BCUT2D eigenvalue weighted by molar-refractivity contribution is 9.10. The molecule has 0 saturated heterocycles. The van der Waals surface area contributed by atoms with Crippen LogP contribution in [-0.4, -0.2) is 5.71 Å². The van der Waals surface area contributed by atoms with Gasteiger partial charge in [-0.15, -0.1) is 0 Å². The van der Waals surface area contributed by atoms with Crippen LogP contribution in [0.25, 0.3) is 0 Å². The Kier molecular flexibility index (Phi) is 3.83. The van der Waals surface area contributed by atoms with E-state index in [2.05, 4.69) is 33.1 Å². The molecule has 3 nitrogen and oxygen atoms in total. The highest BCUT2D eigenvalue weighted by Crippen LogP contribution is 2.40. The Labute approximate surface area is 121 Å². The molecule has 0 radical (unpaired) electrons. The van der Waals surface area contributed by atoms with Crippen molar-refractivity contribution in [1.82, 2.24) is 0 Å². The third-order valence-electron chi connectivity index (χ3n) is 3.33. The molecule has 1 aromatic carbocycles. The standard InChI is InChI=1S/C15H12BrN3/c1-9-12(7-17)15(13(8-18)10(2)19-9)11-5-3-4-6-14(11)16/h3-6,12,15H,1-2H3. The molecule has 4 heteroatoms. The van der Waals surface area contributed by atoms with Crippen LogP contribution in [0.4, 0.5) is 0 Å². The highest BCUT2D eigenvalue weighted by Gasteiger charge is 2.34. The number of nitriles is 2. The fourth-order valence-electron chi connectivity index (χ4n) is 2.41. The van der Waals surface area contributed by atoms with Gasteiger partial charge in [0.15, 0.2) is 0 Å². The summed E-state index contributed by atoms with van der Waals surface area (Å²) in [6, 6.07) is 12.2. The molecule has 2 rings (SSSR count). The second-order valence-corrected chi connectivity index (χ2v) is 5.32. The number of nitrogens with zero attached hydrogens (tertiary/aromatic N) is 3. The summed E-state index contributed by atoms with van der Waals surface area (Å²) in [6.45, 7) is 3.66. The van der Waals surface area contributed by atoms with E-state index in [9.17, 15) is 10.5 Å². The highest BCUT2D eigenvalue weighted by atomic mass is 79.9. The summed E-state index contributed by atoms with van der Waals surface area (Å²) in [4.78, 5) is 4.33. The predicted octanol–water partition coefficient (Wildman–Crippen LogP) is 3.94. The Morgan fingerprint density at radius 2 is 1.89 bits per heavy atom. The summed E-state index contributed by atoms with van der Waals surface area (Å²) in [7, 11) is 0. The van der Waals surface area contributed by atoms with E-state index in [1.54, 1.807) is 0 Å². The van der Waals surface area contributed by atoms with Crippen LogP contribution in [0, 0.1) is 28.6 Å². The average Bonchev–Trinajstić information content (AvgIpc) is 2.38. The molecule has 0 aromatic heterocycles. The maximum absolute atomic E-state index is 9.41. The Morgan fingerprint density at radius 3 is 2.47 bits per heavy atom. The number of hydrogen-bond acceptors (Lipinski definition) is 3. The maximum Gasteiger partial charge on any atom is 0.0973 e. The molecule has 0 fully saturated rings. The summed E-state index contributed by atoms with van der Waals surface area (Å²) in [6.07, 6.45) is 0. The van der Waals surface area contributed by atoms with Gasteiger partial charge in [-0.1, -0.05) is 34.1 Å². The second-order valence-electron chi connectivity index (χ2n) is 4.47. The molecule has 0 N–H and O–H groups in total. The maximum atomic E-state index is 9.41. The Hall–Kier alpha value is -1.91. The third-order valence-corrected chi connectivity index (χ3v) is 4.05. The number of halogens is 1. The molecule has 1 aliphatic rings. The van der Waals surface area contributed by atoms with Crippen LogP contribution in [0.2, 0.25) is 0 Å². The van der Waals surface area contributed by atoms with Crippen molar-refractivity contribution < 1.29 is 0 Å². The van der Waals surface area contributed by atoms with Crippen molar-refractivity contribution in [3.63, 3.8) is 0 Å². The van der Waals surface area contributed by atoms with E-state index in [4.69, 9.17) is 0 Å². The normalized spacial score (nSPS) is 22.5. The van der Waals surface area contributed by atoms with Crippen LogP contribution in [0.3, 0.4) is 0 Å². The second kappa shape index (κ2) is 5.38. The fraction of sp³-hybridized carbons (Fsp3) is 0.267. The van der Waals surface area contributed by atoms with E-state index in [1.165, 1.54) is 0 Å². The van der Waals surface area contributed by atoms with Crippen molar-refractivity contribution in [2.75, 3.05) is 0 Å². The first-order valence-electron chi connectivity index (χ1n) is 5.90. The van der Waals surface area contributed by atoms with E-state index in [0.717, 1.165) is 15.7 Å². The van der Waals surface area contributed by atoms with E-state index in [1.807, 2.05) is 38.1 Å². The number of aliphatic imine (C=N–C) groups is 1. The lowest BCUT2D eigenvalue weighted by molar-refractivity contribution is 0.701. The molecule has 1 aliphatic heterocycles. The Morgan fingerprint density at radius 1 is 1.21 bits per heavy atom. The first-order valence-corrected chi connectivity index (χ1v) is 6.69. The van der Waals surface area contributed by atoms with E-state index in [0.29, 0.717) is 11.3 Å². The van der Waals surface area contributed by atoms with Crippen molar-refractivity contribution in [3.05, 3.63) is 45.6 Å². The molecule has 0 aliphatic carbocycles. The van der Waals surface area contributed by atoms with Crippen LogP contribution in [0.1, 0.15) is 25.3 Å². The Balaban J connectivity index is 2.66. The quantitative estimate of drug-likeness (QED) is 0.788. The first kappa shape index (κ1) is 13.5. The number of benzene rings is 1. The molecule has 2 unspecified atom stereocenters. The zero-order chi connectivity index (χ0) is 14.0. The topological polar surface area (TPSA) is 59.9 Å². The van der Waals surface area contributed by atoms with E-state index < -0.39 is 5.92 Å². The molecular weight excluding hydrogens is 302 g/mol. The smallest absolute Gasteiger partial charge is 0.0973 e. The lowest BCUT2D eigenvalue weighted by atomic mass is 9.77. The van der Waals surface area contributed by atoms with Crippen molar-refractivity contribution in [3.8, 4) is 12.1 Å². The van der Waals surface area contributed by atoms with Gasteiger partial charge in [0.25, 0.3) is 0 Å². The molecule has 1 heterocycles. The molecule has 0 spiro atoms. The molecule has 0 amide bonds. The summed E-state index contributed by atoms with van der Waals surface area (Å²) in [5, 5.41) is 18.8. The van der Waals surface area contributed by atoms with Gasteiger partial charge in [0, 0.05) is 16.1 Å². The van der Waals surface area contributed by atoms with Gasteiger partial charge in [0.05, 0.1) is 29.3 Å². The first-order chi connectivity index (χ1) is 9.10. The monoisotopic (exact) mass is 313 g/mol. The minimum Gasteiger partial charge on any atom is -0.260 e. The van der Waals surface area contributed by atoms with Crippen molar-refractivity contribution in [2.24, 2.45) is 10.9 Å². The van der Waals surface area contributed by atoms with Gasteiger partial charge in [0.1, 0.15) is 0 Å². The Bertz CT molecular complexity index is 659. The van der Waals surface area contributed by atoms with Crippen LogP contribution >= 0.6 is 15.9 Å². The van der Waals surface area contributed by atoms with E-state index >= 15 is 0 Å². The summed E-state index contributed by atoms with van der Waals surface area (Å²) < 4.78 is 0.913.